The van der Waals surface area contributed by atoms with Crippen LogP contribution in [0.15, 0.2) is 53.4 Å². The Labute approximate surface area is 137 Å². The molecule has 1 aromatic heterocycles. The van der Waals surface area contributed by atoms with Gasteiger partial charge in [-0.25, -0.2) is 13.2 Å². The number of benzene rings is 2. The van der Waals surface area contributed by atoms with E-state index in [0.717, 1.165) is 0 Å². The molecule has 0 aliphatic rings. The molecule has 0 atom stereocenters. The number of anilines is 1. The molecule has 1 heterocycles. The highest BCUT2D eigenvalue weighted by Crippen LogP contribution is 2.29. The second-order valence-corrected chi connectivity index (χ2v) is 6.67. The number of carbonyl (C=O) groups is 1. The standard InChI is InChI=1S/C16H14N2O5S/c1-23-13-7-2-3-8-14(13)24(21,22)18-11-6-4-5-10-9-12(16(19)20)17-15(10)11/h2-9,17-18H,1H3,(H,19,20). The third kappa shape index (κ3) is 2.79. The Morgan fingerprint density at radius 3 is 2.62 bits per heavy atom. The summed E-state index contributed by atoms with van der Waals surface area (Å²) in [6.07, 6.45) is 0. The molecule has 7 nitrogen and oxygen atoms in total. The number of hydrogen-bond donors (Lipinski definition) is 3. The second-order valence-electron chi connectivity index (χ2n) is 5.01. The van der Waals surface area contributed by atoms with Gasteiger partial charge in [0.05, 0.1) is 18.3 Å². The number of rotatable bonds is 5. The van der Waals surface area contributed by atoms with E-state index in [-0.39, 0.29) is 22.0 Å². The quantitative estimate of drug-likeness (QED) is 0.658. The van der Waals surface area contributed by atoms with Crippen LogP contribution in [0.5, 0.6) is 5.75 Å². The van der Waals surface area contributed by atoms with Crippen molar-refractivity contribution < 1.29 is 23.1 Å². The Balaban J connectivity index is 2.07. The van der Waals surface area contributed by atoms with E-state index in [1.54, 1.807) is 36.4 Å². The van der Waals surface area contributed by atoms with E-state index < -0.39 is 16.0 Å². The van der Waals surface area contributed by atoms with Gasteiger partial charge in [-0.3, -0.25) is 4.72 Å². The van der Waals surface area contributed by atoms with Gasteiger partial charge < -0.3 is 14.8 Å². The number of nitrogens with one attached hydrogen (secondary N) is 2. The van der Waals surface area contributed by atoms with E-state index in [2.05, 4.69) is 9.71 Å². The number of hydrogen-bond acceptors (Lipinski definition) is 4. The van der Waals surface area contributed by atoms with Crippen molar-refractivity contribution >= 4 is 32.6 Å². The van der Waals surface area contributed by atoms with Crippen molar-refractivity contribution in [3.8, 4) is 5.75 Å². The van der Waals surface area contributed by atoms with E-state index in [1.165, 1.54) is 19.2 Å². The zero-order valence-corrected chi connectivity index (χ0v) is 13.4. The average Bonchev–Trinajstić information content (AvgIpc) is 3.00. The fourth-order valence-electron chi connectivity index (χ4n) is 2.40. The molecule has 0 aliphatic carbocycles. The molecule has 0 saturated carbocycles. The zero-order chi connectivity index (χ0) is 17.3. The van der Waals surface area contributed by atoms with Crippen LogP contribution in [0.2, 0.25) is 0 Å². The molecule has 0 spiro atoms. The van der Waals surface area contributed by atoms with Crippen LogP contribution in [-0.2, 0) is 10.0 Å². The third-order valence-corrected chi connectivity index (χ3v) is 4.89. The molecule has 0 radical (unpaired) electrons. The Bertz CT molecular complexity index is 1020. The van der Waals surface area contributed by atoms with Gasteiger partial charge in [-0.05, 0) is 24.3 Å². The fourth-order valence-corrected chi connectivity index (χ4v) is 3.64. The number of carboxylic acid groups (broad SMARTS) is 1. The van der Waals surface area contributed by atoms with Gasteiger partial charge in [-0.15, -0.1) is 0 Å². The van der Waals surface area contributed by atoms with Crippen molar-refractivity contribution in [2.24, 2.45) is 0 Å². The van der Waals surface area contributed by atoms with Crippen LogP contribution in [0, 0.1) is 0 Å². The average molecular weight is 346 g/mol. The maximum atomic E-state index is 12.6. The molecule has 2 aromatic carbocycles. The Morgan fingerprint density at radius 2 is 1.92 bits per heavy atom. The predicted octanol–water partition coefficient (Wildman–Crippen LogP) is 2.68. The molecule has 3 N–H and O–H groups in total. The van der Waals surface area contributed by atoms with E-state index in [9.17, 15) is 13.2 Å². The van der Waals surface area contributed by atoms with Crippen LogP contribution in [0.25, 0.3) is 10.9 Å². The molecule has 3 rings (SSSR count). The Hall–Kier alpha value is -3.00. The molecule has 0 unspecified atom stereocenters. The van der Waals surface area contributed by atoms with Crippen molar-refractivity contribution in [2.45, 2.75) is 4.90 Å². The Kier molecular flexibility index (Phi) is 3.90. The van der Waals surface area contributed by atoms with Gasteiger partial charge in [0.25, 0.3) is 10.0 Å². The molecular weight excluding hydrogens is 332 g/mol. The summed E-state index contributed by atoms with van der Waals surface area (Å²) in [5, 5.41) is 9.66. The van der Waals surface area contributed by atoms with Gasteiger partial charge in [0, 0.05) is 5.39 Å². The Morgan fingerprint density at radius 1 is 1.17 bits per heavy atom. The minimum atomic E-state index is -3.90. The third-order valence-electron chi connectivity index (χ3n) is 3.49. The predicted molar refractivity (Wildman–Crippen MR) is 89.1 cm³/mol. The van der Waals surface area contributed by atoms with Gasteiger partial charge >= 0.3 is 5.97 Å². The summed E-state index contributed by atoms with van der Waals surface area (Å²) in [7, 11) is -2.51. The van der Waals surface area contributed by atoms with E-state index >= 15 is 0 Å². The molecular formula is C16H14N2O5S. The highest BCUT2D eigenvalue weighted by atomic mass is 32.2. The van der Waals surface area contributed by atoms with Gasteiger partial charge in [-0.2, -0.15) is 0 Å². The number of H-pyrrole nitrogens is 1. The van der Waals surface area contributed by atoms with Crippen molar-refractivity contribution in [2.75, 3.05) is 11.8 Å². The maximum Gasteiger partial charge on any atom is 0.352 e. The highest BCUT2D eigenvalue weighted by Gasteiger charge is 2.20. The van der Waals surface area contributed by atoms with Crippen LogP contribution < -0.4 is 9.46 Å². The lowest BCUT2D eigenvalue weighted by molar-refractivity contribution is 0.0691. The smallest absolute Gasteiger partial charge is 0.352 e. The van der Waals surface area contributed by atoms with E-state index in [0.29, 0.717) is 10.9 Å². The summed E-state index contributed by atoms with van der Waals surface area (Å²) in [4.78, 5) is 13.8. The van der Waals surface area contributed by atoms with Gasteiger partial charge in [0.2, 0.25) is 0 Å². The largest absolute Gasteiger partial charge is 0.495 e. The first-order chi connectivity index (χ1) is 11.4. The van der Waals surface area contributed by atoms with Crippen molar-refractivity contribution in [3.63, 3.8) is 0 Å². The molecule has 8 heteroatoms. The van der Waals surface area contributed by atoms with E-state index in [4.69, 9.17) is 9.84 Å². The van der Waals surface area contributed by atoms with Gasteiger partial charge in [-0.1, -0.05) is 24.3 Å². The summed E-state index contributed by atoms with van der Waals surface area (Å²) in [5.41, 5.74) is 0.633. The van der Waals surface area contributed by atoms with Crippen molar-refractivity contribution in [1.29, 1.82) is 0 Å². The molecule has 0 saturated heterocycles. The molecule has 3 aromatic rings. The normalized spacial score (nSPS) is 11.4. The summed E-state index contributed by atoms with van der Waals surface area (Å²) >= 11 is 0. The fraction of sp³-hybridized carbons (Fsp3) is 0.0625. The second kappa shape index (κ2) is 5.89. The number of carboxylic acids is 1. The number of fused-ring (bicyclic) bond motifs is 1. The minimum absolute atomic E-state index is 0.00508. The first-order valence-corrected chi connectivity index (χ1v) is 8.41. The molecule has 124 valence electrons. The molecule has 0 fully saturated rings. The topological polar surface area (TPSA) is 108 Å². The first kappa shape index (κ1) is 15.9. The number of aromatic carboxylic acids is 1. The number of methoxy groups -OCH3 is 1. The van der Waals surface area contributed by atoms with Crippen molar-refractivity contribution in [1.82, 2.24) is 4.98 Å². The lowest BCUT2D eigenvalue weighted by atomic mass is 10.2. The summed E-state index contributed by atoms with van der Waals surface area (Å²) in [5.74, 6) is -0.903. The lowest BCUT2D eigenvalue weighted by Gasteiger charge is -2.12. The molecule has 0 amide bonds. The maximum absolute atomic E-state index is 12.6. The van der Waals surface area contributed by atoms with Gasteiger partial charge in [0.15, 0.2) is 0 Å². The van der Waals surface area contributed by atoms with Gasteiger partial charge in [0.1, 0.15) is 16.3 Å². The van der Waals surface area contributed by atoms with Crippen LogP contribution in [0.4, 0.5) is 5.69 Å². The minimum Gasteiger partial charge on any atom is -0.495 e. The first-order valence-electron chi connectivity index (χ1n) is 6.93. The van der Waals surface area contributed by atoms with Crippen LogP contribution in [-0.4, -0.2) is 31.6 Å². The number of para-hydroxylation sites is 2. The monoisotopic (exact) mass is 346 g/mol. The number of ether oxygens (including phenoxy) is 1. The highest BCUT2D eigenvalue weighted by molar-refractivity contribution is 7.92. The summed E-state index contributed by atoms with van der Waals surface area (Å²) < 4.78 is 32.8. The SMILES string of the molecule is COc1ccccc1S(=O)(=O)Nc1cccc2cc(C(=O)O)[nH]c12. The summed E-state index contributed by atoms with van der Waals surface area (Å²) in [6, 6.07) is 12.6. The number of aromatic nitrogens is 1. The number of sulfonamides is 1. The van der Waals surface area contributed by atoms with Crippen LogP contribution >= 0.6 is 0 Å². The number of aromatic amines is 1. The van der Waals surface area contributed by atoms with Crippen LogP contribution in [0.3, 0.4) is 0 Å². The van der Waals surface area contributed by atoms with Crippen LogP contribution in [0.1, 0.15) is 10.5 Å². The molecule has 0 aliphatic heterocycles. The summed E-state index contributed by atoms with van der Waals surface area (Å²) in [6.45, 7) is 0. The van der Waals surface area contributed by atoms with E-state index in [1.807, 2.05) is 0 Å². The molecule has 24 heavy (non-hydrogen) atoms. The van der Waals surface area contributed by atoms with Crippen molar-refractivity contribution in [3.05, 3.63) is 54.2 Å². The zero-order valence-electron chi connectivity index (χ0n) is 12.6. The lowest BCUT2D eigenvalue weighted by Crippen LogP contribution is -2.14. The molecule has 0 bridgehead atoms.